The van der Waals surface area contributed by atoms with Crippen LogP contribution in [0, 0.1) is 11.8 Å². The second-order valence-corrected chi connectivity index (χ2v) is 5.39. The summed E-state index contributed by atoms with van der Waals surface area (Å²) < 4.78 is 10.6. The zero-order valence-corrected chi connectivity index (χ0v) is 11.1. The Kier molecular flexibility index (Phi) is 4.09. The highest BCUT2D eigenvalue weighted by atomic mass is 16.5. The molecule has 0 amide bonds. The molecule has 1 unspecified atom stereocenters. The van der Waals surface area contributed by atoms with E-state index in [1.165, 1.54) is 0 Å². The fraction of sp³-hybridized carbons (Fsp3) is 0.692. The topological polar surface area (TPSA) is 92.8 Å². The Morgan fingerprint density at radius 2 is 2.26 bits per heavy atom. The van der Waals surface area contributed by atoms with Crippen molar-refractivity contribution in [1.29, 1.82) is 0 Å². The number of aliphatic carboxylic acids is 1. The molecule has 0 spiro atoms. The average Bonchev–Trinajstić information content (AvgIpc) is 2.70. The van der Waals surface area contributed by atoms with Crippen LogP contribution in [-0.2, 0) is 4.79 Å². The number of aromatic nitrogens is 1. The molecule has 1 aliphatic carbocycles. The molecule has 6 nitrogen and oxygen atoms in total. The third kappa shape index (κ3) is 3.07. The molecule has 19 heavy (non-hydrogen) atoms. The van der Waals surface area contributed by atoms with E-state index in [1.54, 1.807) is 6.07 Å². The van der Waals surface area contributed by atoms with Gasteiger partial charge in [0.05, 0.1) is 0 Å². The van der Waals surface area contributed by atoms with Crippen molar-refractivity contribution in [2.24, 2.45) is 11.8 Å². The lowest BCUT2D eigenvalue weighted by Crippen LogP contribution is -2.35. The van der Waals surface area contributed by atoms with Crippen molar-refractivity contribution in [2.45, 2.75) is 38.7 Å². The molecule has 1 atom stereocenters. The first-order chi connectivity index (χ1) is 9.01. The minimum absolute atomic E-state index is 0.0393. The van der Waals surface area contributed by atoms with Crippen LogP contribution in [0.25, 0.3) is 0 Å². The van der Waals surface area contributed by atoms with Crippen molar-refractivity contribution in [3.63, 3.8) is 0 Å². The molecule has 1 saturated carbocycles. The molecule has 0 aromatic carbocycles. The van der Waals surface area contributed by atoms with Gasteiger partial charge in [0.1, 0.15) is 12.0 Å². The molecule has 0 bridgehead atoms. The first-order valence-electron chi connectivity index (χ1n) is 6.48. The number of nitrogens with zero attached hydrogens (tertiary/aromatic N) is 1. The number of ether oxygens (including phenoxy) is 1. The van der Waals surface area contributed by atoms with Crippen LogP contribution in [0.3, 0.4) is 0 Å². The smallest absolute Gasteiger partial charge is 0.314 e. The summed E-state index contributed by atoms with van der Waals surface area (Å²) in [6.07, 6.45) is 1.63. The van der Waals surface area contributed by atoms with Gasteiger partial charge in [-0.05, 0) is 29.8 Å². The molecule has 1 aromatic heterocycles. The standard InChI is InChI=1S/C13H19NO5/c1-7(2)12(13(16)17)10-5-11(14-19-10)18-9-3-8(4-9)6-15/h5,7-9,12,15H,3-4,6H2,1-2H3,(H,16,17). The molecule has 1 fully saturated rings. The van der Waals surface area contributed by atoms with E-state index in [4.69, 9.17) is 19.5 Å². The third-order valence-electron chi connectivity index (χ3n) is 3.48. The lowest BCUT2D eigenvalue weighted by molar-refractivity contribution is -0.140. The molecule has 1 heterocycles. The Morgan fingerprint density at radius 3 is 2.79 bits per heavy atom. The third-order valence-corrected chi connectivity index (χ3v) is 3.48. The van der Waals surface area contributed by atoms with Gasteiger partial charge in [-0.2, -0.15) is 0 Å². The van der Waals surface area contributed by atoms with Crippen LogP contribution in [0.15, 0.2) is 10.6 Å². The molecule has 1 aliphatic rings. The van der Waals surface area contributed by atoms with Crippen molar-refractivity contribution in [1.82, 2.24) is 5.16 Å². The first-order valence-corrected chi connectivity index (χ1v) is 6.48. The molecule has 6 heteroatoms. The average molecular weight is 269 g/mol. The first kappa shape index (κ1) is 13.9. The zero-order valence-electron chi connectivity index (χ0n) is 11.1. The van der Waals surface area contributed by atoms with Crippen molar-refractivity contribution >= 4 is 5.97 Å². The van der Waals surface area contributed by atoms with Crippen LogP contribution < -0.4 is 4.74 Å². The lowest BCUT2D eigenvalue weighted by Gasteiger charge is -2.33. The van der Waals surface area contributed by atoms with E-state index < -0.39 is 11.9 Å². The summed E-state index contributed by atoms with van der Waals surface area (Å²) >= 11 is 0. The maximum atomic E-state index is 11.2. The molecule has 0 aliphatic heterocycles. The van der Waals surface area contributed by atoms with Crippen LogP contribution in [0.5, 0.6) is 5.88 Å². The van der Waals surface area contributed by atoms with E-state index in [1.807, 2.05) is 13.8 Å². The zero-order chi connectivity index (χ0) is 14.0. The van der Waals surface area contributed by atoms with Crippen LogP contribution >= 0.6 is 0 Å². The quantitative estimate of drug-likeness (QED) is 0.815. The molecule has 2 N–H and O–H groups in total. The van der Waals surface area contributed by atoms with Gasteiger partial charge in [0.25, 0.3) is 5.88 Å². The largest absolute Gasteiger partial charge is 0.481 e. The minimum Gasteiger partial charge on any atom is -0.481 e. The summed E-state index contributed by atoms with van der Waals surface area (Å²) in [6, 6.07) is 1.55. The minimum atomic E-state index is -0.929. The lowest BCUT2D eigenvalue weighted by atomic mass is 9.83. The van der Waals surface area contributed by atoms with E-state index in [0.717, 1.165) is 12.8 Å². The van der Waals surface area contributed by atoms with Crippen molar-refractivity contribution in [2.75, 3.05) is 6.61 Å². The highest BCUT2D eigenvalue weighted by Gasteiger charge is 2.32. The van der Waals surface area contributed by atoms with E-state index in [-0.39, 0.29) is 18.6 Å². The fourth-order valence-corrected chi connectivity index (χ4v) is 2.30. The molecule has 0 radical (unpaired) electrons. The molecule has 1 aromatic rings. The van der Waals surface area contributed by atoms with E-state index in [9.17, 15) is 4.79 Å². The highest BCUT2D eigenvalue weighted by Crippen LogP contribution is 2.32. The monoisotopic (exact) mass is 269 g/mol. The highest BCUT2D eigenvalue weighted by molar-refractivity contribution is 5.75. The molecule has 0 saturated heterocycles. The Morgan fingerprint density at radius 1 is 1.58 bits per heavy atom. The number of aliphatic hydroxyl groups is 1. The van der Waals surface area contributed by atoms with Gasteiger partial charge in [-0.15, -0.1) is 0 Å². The predicted octanol–water partition coefficient (Wildman–Crippen LogP) is 1.65. The molecule has 2 rings (SSSR count). The SMILES string of the molecule is CC(C)C(C(=O)O)c1cc(OC2CC(CO)C2)no1. The van der Waals surface area contributed by atoms with Gasteiger partial charge in [-0.1, -0.05) is 13.8 Å². The maximum absolute atomic E-state index is 11.2. The van der Waals surface area contributed by atoms with Crippen molar-refractivity contribution in [3.8, 4) is 5.88 Å². The van der Waals surface area contributed by atoms with Gasteiger partial charge < -0.3 is 19.5 Å². The van der Waals surface area contributed by atoms with Gasteiger partial charge >= 0.3 is 5.97 Å². The van der Waals surface area contributed by atoms with Gasteiger partial charge in [-0.25, -0.2) is 0 Å². The normalized spacial score (nSPS) is 24.0. The second kappa shape index (κ2) is 5.61. The van der Waals surface area contributed by atoms with E-state index >= 15 is 0 Å². The van der Waals surface area contributed by atoms with Crippen LogP contribution in [-0.4, -0.2) is 34.0 Å². The number of hydrogen-bond acceptors (Lipinski definition) is 5. The molecular formula is C13H19NO5. The van der Waals surface area contributed by atoms with Crippen LogP contribution in [0.4, 0.5) is 0 Å². The maximum Gasteiger partial charge on any atom is 0.314 e. The van der Waals surface area contributed by atoms with Gasteiger partial charge in [0, 0.05) is 12.7 Å². The van der Waals surface area contributed by atoms with Crippen molar-refractivity contribution in [3.05, 3.63) is 11.8 Å². The molecule has 106 valence electrons. The number of carbonyl (C=O) groups is 1. The summed E-state index contributed by atoms with van der Waals surface area (Å²) in [5.41, 5.74) is 0. The number of hydrogen-bond donors (Lipinski definition) is 2. The fourth-order valence-electron chi connectivity index (χ4n) is 2.30. The number of carboxylic acid groups (broad SMARTS) is 1. The summed E-state index contributed by atoms with van der Waals surface area (Å²) in [6.45, 7) is 3.82. The Bertz CT molecular complexity index is 436. The Labute approximate surface area is 111 Å². The number of aliphatic hydroxyl groups excluding tert-OH is 1. The van der Waals surface area contributed by atoms with Gasteiger partial charge in [-0.3, -0.25) is 4.79 Å². The number of carboxylic acids is 1. The van der Waals surface area contributed by atoms with Gasteiger partial charge in [0.15, 0.2) is 5.76 Å². The summed E-state index contributed by atoms with van der Waals surface area (Å²) in [5.74, 6) is -0.781. The summed E-state index contributed by atoms with van der Waals surface area (Å²) in [7, 11) is 0. The Balaban J connectivity index is 1.97. The Hall–Kier alpha value is -1.56. The van der Waals surface area contributed by atoms with Crippen LogP contribution in [0.2, 0.25) is 0 Å². The van der Waals surface area contributed by atoms with Crippen molar-refractivity contribution < 1.29 is 24.3 Å². The van der Waals surface area contributed by atoms with Crippen LogP contribution in [0.1, 0.15) is 38.4 Å². The predicted molar refractivity (Wildman–Crippen MR) is 65.9 cm³/mol. The van der Waals surface area contributed by atoms with E-state index in [2.05, 4.69) is 5.16 Å². The number of rotatable bonds is 6. The second-order valence-electron chi connectivity index (χ2n) is 5.39. The molecular weight excluding hydrogens is 250 g/mol. The van der Waals surface area contributed by atoms with E-state index in [0.29, 0.717) is 17.6 Å². The summed E-state index contributed by atoms with van der Waals surface area (Å²) in [5, 5.41) is 21.8. The summed E-state index contributed by atoms with van der Waals surface area (Å²) in [4.78, 5) is 11.2. The van der Waals surface area contributed by atoms with Gasteiger partial charge in [0.2, 0.25) is 0 Å².